The van der Waals surface area contributed by atoms with E-state index in [1.165, 1.54) is 0 Å². The van der Waals surface area contributed by atoms with Gasteiger partial charge in [0.15, 0.2) is 0 Å². The fourth-order valence-corrected chi connectivity index (χ4v) is 4.62. The van der Waals surface area contributed by atoms with Gasteiger partial charge in [-0.05, 0) is 44.1 Å². The SMILES string of the molecule is Cc1[nH]ncc1C(=O)N1CCC(CC(=O)NC2(c3ccccc3)CCOCC2)CC1. The predicted molar refractivity (Wildman–Crippen MR) is 113 cm³/mol. The Labute approximate surface area is 177 Å². The first-order valence-electron chi connectivity index (χ1n) is 10.8. The third-order valence-corrected chi connectivity index (χ3v) is 6.49. The lowest BCUT2D eigenvalue weighted by Crippen LogP contribution is -2.50. The second-order valence-corrected chi connectivity index (χ2v) is 8.46. The van der Waals surface area contributed by atoms with Crippen LogP contribution in [0.15, 0.2) is 36.5 Å². The zero-order valence-corrected chi connectivity index (χ0v) is 17.5. The number of carbonyl (C=O) groups is 2. The minimum absolute atomic E-state index is 0.0226. The molecule has 0 radical (unpaired) electrons. The molecule has 7 heteroatoms. The van der Waals surface area contributed by atoms with Gasteiger partial charge in [0, 0.05) is 38.4 Å². The first-order chi connectivity index (χ1) is 14.6. The molecular formula is C23H30N4O3. The number of aromatic nitrogens is 2. The van der Waals surface area contributed by atoms with E-state index in [0.717, 1.165) is 36.9 Å². The minimum atomic E-state index is -0.341. The first kappa shape index (κ1) is 20.6. The molecule has 0 saturated carbocycles. The van der Waals surface area contributed by atoms with Gasteiger partial charge < -0.3 is 15.0 Å². The molecule has 2 fully saturated rings. The predicted octanol–water partition coefficient (Wildman–Crippen LogP) is 2.78. The zero-order valence-electron chi connectivity index (χ0n) is 17.5. The van der Waals surface area contributed by atoms with E-state index in [2.05, 4.69) is 27.6 Å². The van der Waals surface area contributed by atoms with Crippen molar-refractivity contribution < 1.29 is 14.3 Å². The highest BCUT2D eigenvalue weighted by molar-refractivity contribution is 5.95. The van der Waals surface area contributed by atoms with Gasteiger partial charge in [0.2, 0.25) is 5.91 Å². The molecule has 0 unspecified atom stereocenters. The van der Waals surface area contributed by atoms with Crippen LogP contribution in [0, 0.1) is 12.8 Å². The van der Waals surface area contributed by atoms with Crippen LogP contribution in [0.1, 0.15) is 53.7 Å². The van der Waals surface area contributed by atoms with Crippen molar-refractivity contribution in [3.8, 4) is 0 Å². The molecule has 4 rings (SSSR count). The Morgan fingerprint density at radius 3 is 2.53 bits per heavy atom. The lowest BCUT2D eigenvalue weighted by molar-refractivity contribution is -0.125. The number of carbonyl (C=O) groups excluding carboxylic acids is 2. The molecule has 0 aliphatic carbocycles. The Hall–Kier alpha value is -2.67. The maximum atomic E-state index is 13.0. The van der Waals surface area contributed by atoms with Crippen LogP contribution >= 0.6 is 0 Å². The molecule has 2 aromatic rings. The second-order valence-electron chi connectivity index (χ2n) is 8.46. The number of amides is 2. The minimum Gasteiger partial charge on any atom is -0.381 e. The Bertz CT molecular complexity index is 866. The highest BCUT2D eigenvalue weighted by Crippen LogP contribution is 2.33. The maximum absolute atomic E-state index is 13.0. The van der Waals surface area contributed by atoms with Crippen LogP contribution in [-0.2, 0) is 15.1 Å². The van der Waals surface area contributed by atoms with Crippen molar-refractivity contribution >= 4 is 11.8 Å². The molecule has 7 nitrogen and oxygen atoms in total. The van der Waals surface area contributed by atoms with Crippen LogP contribution in [0.4, 0.5) is 0 Å². The number of nitrogens with zero attached hydrogens (tertiary/aromatic N) is 2. The van der Waals surface area contributed by atoms with Gasteiger partial charge in [0.05, 0.1) is 17.3 Å². The van der Waals surface area contributed by atoms with Crippen molar-refractivity contribution in [2.75, 3.05) is 26.3 Å². The monoisotopic (exact) mass is 410 g/mol. The summed E-state index contributed by atoms with van der Waals surface area (Å²) in [5.74, 6) is 0.415. The van der Waals surface area contributed by atoms with Gasteiger partial charge in [-0.25, -0.2) is 0 Å². The summed E-state index contributed by atoms with van der Waals surface area (Å²) in [4.78, 5) is 27.5. The Kier molecular flexibility index (Phi) is 6.18. The van der Waals surface area contributed by atoms with Crippen molar-refractivity contribution in [3.63, 3.8) is 0 Å². The highest BCUT2D eigenvalue weighted by atomic mass is 16.5. The van der Waals surface area contributed by atoms with Gasteiger partial charge in [-0.3, -0.25) is 14.7 Å². The molecule has 2 saturated heterocycles. The van der Waals surface area contributed by atoms with E-state index in [1.54, 1.807) is 6.20 Å². The molecule has 3 heterocycles. The van der Waals surface area contributed by atoms with E-state index in [9.17, 15) is 9.59 Å². The van der Waals surface area contributed by atoms with E-state index in [1.807, 2.05) is 30.0 Å². The molecule has 0 spiro atoms. The quantitative estimate of drug-likeness (QED) is 0.794. The summed E-state index contributed by atoms with van der Waals surface area (Å²) in [6.45, 7) is 4.53. The molecule has 2 amide bonds. The van der Waals surface area contributed by atoms with Crippen molar-refractivity contribution in [1.29, 1.82) is 0 Å². The molecule has 1 aromatic carbocycles. The van der Waals surface area contributed by atoms with E-state index >= 15 is 0 Å². The standard InChI is InChI=1S/C23H30N4O3/c1-17-20(16-24-26-17)22(29)27-11-7-18(8-12-27)15-21(28)25-23(9-13-30-14-10-23)19-5-3-2-4-6-19/h2-6,16,18H,7-15H2,1H3,(H,24,26)(H,25,28). The van der Waals surface area contributed by atoms with Gasteiger partial charge in [-0.1, -0.05) is 30.3 Å². The molecule has 1 aromatic heterocycles. The molecule has 30 heavy (non-hydrogen) atoms. The summed E-state index contributed by atoms with van der Waals surface area (Å²) >= 11 is 0. The van der Waals surface area contributed by atoms with Crippen molar-refractivity contribution in [1.82, 2.24) is 20.4 Å². The molecule has 2 aliphatic heterocycles. The summed E-state index contributed by atoms with van der Waals surface area (Å²) in [5, 5.41) is 10.1. The summed E-state index contributed by atoms with van der Waals surface area (Å²) in [7, 11) is 0. The Morgan fingerprint density at radius 2 is 1.90 bits per heavy atom. The number of likely N-dealkylation sites (tertiary alicyclic amines) is 1. The zero-order chi connectivity index (χ0) is 21.0. The van der Waals surface area contributed by atoms with Gasteiger partial charge in [-0.15, -0.1) is 0 Å². The number of nitrogens with one attached hydrogen (secondary N) is 2. The molecule has 0 atom stereocenters. The van der Waals surface area contributed by atoms with Crippen LogP contribution in [0.25, 0.3) is 0 Å². The lowest BCUT2D eigenvalue weighted by Gasteiger charge is -2.39. The van der Waals surface area contributed by atoms with E-state index in [-0.39, 0.29) is 17.4 Å². The summed E-state index contributed by atoms with van der Waals surface area (Å²) in [6.07, 6.45) is 5.37. The first-order valence-corrected chi connectivity index (χ1v) is 10.8. The highest BCUT2D eigenvalue weighted by Gasteiger charge is 2.36. The molecule has 0 bridgehead atoms. The number of aromatic amines is 1. The number of aryl methyl sites for hydroxylation is 1. The summed E-state index contributed by atoms with van der Waals surface area (Å²) < 4.78 is 5.56. The van der Waals surface area contributed by atoms with Crippen LogP contribution in [-0.4, -0.2) is 53.2 Å². The van der Waals surface area contributed by atoms with Gasteiger partial charge >= 0.3 is 0 Å². The number of H-pyrrole nitrogens is 1. The summed E-state index contributed by atoms with van der Waals surface area (Å²) in [6, 6.07) is 10.2. The number of hydrogen-bond donors (Lipinski definition) is 2. The number of ether oxygens (including phenoxy) is 1. The largest absolute Gasteiger partial charge is 0.381 e. The Balaban J connectivity index is 1.33. The number of rotatable bonds is 5. The van der Waals surface area contributed by atoms with E-state index < -0.39 is 0 Å². The van der Waals surface area contributed by atoms with E-state index in [4.69, 9.17) is 4.74 Å². The third kappa shape index (κ3) is 4.41. The summed E-state index contributed by atoms with van der Waals surface area (Å²) in [5.41, 5.74) is 2.24. The van der Waals surface area contributed by atoms with Crippen LogP contribution in [0.2, 0.25) is 0 Å². The second kappa shape index (κ2) is 9.00. The number of piperidine rings is 1. The third-order valence-electron chi connectivity index (χ3n) is 6.49. The average Bonchev–Trinajstić information content (AvgIpc) is 3.21. The Morgan fingerprint density at radius 1 is 1.20 bits per heavy atom. The lowest BCUT2D eigenvalue weighted by atomic mass is 9.82. The van der Waals surface area contributed by atoms with Crippen molar-refractivity contribution in [2.45, 2.75) is 44.6 Å². The van der Waals surface area contributed by atoms with Crippen LogP contribution in [0.5, 0.6) is 0 Å². The average molecular weight is 411 g/mol. The molecular weight excluding hydrogens is 380 g/mol. The van der Waals surface area contributed by atoms with Gasteiger partial charge in [0.1, 0.15) is 0 Å². The van der Waals surface area contributed by atoms with Crippen molar-refractivity contribution in [2.24, 2.45) is 5.92 Å². The number of hydrogen-bond acceptors (Lipinski definition) is 4. The molecule has 2 aliphatic rings. The van der Waals surface area contributed by atoms with Gasteiger partial charge in [-0.2, -0.15) is 5.10 Å². The smallest absolute Gasteiger partial charge is 0.257 e. The fraction of sp³-hybridized carbons (Fsp3) is 0.522. The molecule has 2 N–H and O–H groups in total. The number of benzene rings is 1. The van der Waals surface area contributed by atoms with Crippen molar-refractivity contribution in [3.05, 3.63) is 53.3 Å². The van der Waals surface area contributed by atoms with Crippen LogP contribution < -0.4 is 5.32 Å². The maximum Gasteiger partial charge on any atom is 0.257 e. The fourth-order valence-electron chi connectivity index (χ4n) is 4.62. The van der Waals surface area contributed by atoms with Gasteiger partial charge in [0.25, 0.3) is 5.91 Å². The topological polar surface area (TPSA) is 87.3 Å². The normalized spacial score (nSPS) is 19.4. The van der Waals surface area contributed by atoms with Crippen LogP contribution in [0.3, 0.4) is 0 Å². The molecule has 160 valence electrons. The van der Waals surface area contributed by atoms with E-state index in [0.29, 0.717) is 44.2 Å².